The highest BCUT2D eigenvalue weighted by Crippen LogP contribution is 2.59. The Morgan fingerprint density at radius 1 is 0.206 bits per heavy atom. The maximum absolute atomic E-state index is 2.50. The molecule has 0 N–H and O–H groups in total. The molecule has 0 saturated carbocycles. The third-order valence-electron chi connectivity index (χ3n) is 16.9. The van der Waals surface area contributed by atoms with E-state index in [1.54, 1.807) is 0 Å². The molecule has 312 valence electrons. The summed E-state index contributed by atoms with van der Waals surface area (Å²) in [6.45, 7) is 9.12. The molecule has 68 heavy (non-hydrogen) atoms. The van der Waals surface area contributed by atoms with Crippen LogP contribution in [0.5, 0.6) is 0 Å². The van der Waals surface area contributed by atoms with Gasteiger partial charge in [0.25, 0.3) is 0 Å². The van der Waals surface area contributed by atoms with Crippen LogP contribution in [0, 0.1) is 27.7 Å². The predicted octanol–water partition coefficient (Wildman–Crippen LogP) is 19.6. The van der Waals surface area contributed by atoms with Crippen molar-refractivity contribution in [3.63, 3.8) is 0 Å². The van der Waals surface area contributed by atoms with Crippen molar-refractivity contribution in [1.82, 2.24) is 0 Å². The number of rotatable bonds is 2. The van der Waals surface area contributed by atoms with Crippen molar-refractivity contribution < 1.29 is 0 Å². The first-order valence-corrected chi connectivity index (χ1v) is 24.3. The van der Waals surface area contributed by atoms with Gasteiger partial charge in [0.15, 0.2) is 0 Å². The first kappa shape index (κ1) is 35.9. The van der Waals surface area contributed by atoms with Gasteiger partial charge in [0.05, 0.1) is 0 Å². The Morgan fingerprint density at radius 2 is 0.559 bits per heavy atom. The van der Waals surface area contributed by atoms with Gasteiger partial charge in [-0.25, -0.2) is 0 Å². The minimum atomic E-state index is 1.28. The Morgan fingerprint density at radius 3 is 1.10 bits per heavy atom. The van der Waals surface area contributed by atoms with E-state index in [9.17, 15) is 0 Å². The summed E-state index contributed by atoms with van der Waals surface area (Å²) in [5.41, 5.74) is 10.5. The standard InChI is InChI=1S/C68H40/c1-33-18-20-35(3)52(30-33)67-63-47-16-7-10-37-11-8-17-48(55(37)47)64(63)68(53-31-34(2)19-21-36(53)4)66-51-29-26-45-43-24-27-49-59-46(23-22-42(57(43)59)44-25-28-50(65(66)67)60(51)58(44)45)54-32-38-12-9-15-40-39-13-5-6-14-41(39)62(56(38)40)61(49)54/h5-32H,1-4H3. The summed E-state index contributed by atoms with van der Waals surface area (Å²) in [5.74, 6) is 0. The zero-order valence-electron chi connectivity index (χ0n) is 38.2. The van der Waals surface area contributed by atoms with E-state index in [4.69, 9.17) is 0 Å². The Hall–Kier alpha value is -8.32. The van der Waals surface area contributed by atoms with Crippen LogP contribution in [0.4, 0.5) is 0 Å². The third kappa shape index (κ3) is 4.02. The largest absolute Gasteiger partial charge is 0.0616 e. The van der Waals surface area contributed by atoms with Gasteiger partial charge >= 0.3 is 0 Å². The molecule has 17 aromatic rings. The molecule has 0 nitrogen and oxygen atoms in total. The second kappa shape index (κ2) is 12.0. The number of aryl methyl sites for hydroxylation is 4. The molecule has 0 aliphatic rings. The lowest BCUT2D eigenvalue weighted by atomic mass is 9.84. The SMILES string of the molecule is Cc1ccc(C)c(-c2c3c4cccc5cccc(c3c(-c3cc(C)ccc3C)c3c6ccc7c8ccc9c%10c(ccc(c%11ccc(c23)c6c%117)c8%10)c2cc3cccc6c7ccccc7c(c36)c29)c54)c1. The predicted molar refractivity (Wildman–Crippen MR) is 297 cm³/mol. The summed E-state index contributed by atoms with van der Waals surface area (Å²) in [7, 11) is 0. The molecule has 0 bridgehead atoms. The fraction of sp³-hybridized carbons (Fsp3) is 0.0588. The van der Waals surface area contributed by atoms with Gasteiger partial charge in [0, 0.05) is 0 Å². The monoisotopic (exact) mass is 856 g/mol. The van der Waals surface area contributed by atoms with Crippen LogP contribution in [0.2, 0.25) is 0 Å². The van der Waals surface area contributed by atoms with E-state index < -0.39 is 0 Å². The zero-order valence-corrected chi connectivity index (χ0v) is 38.2. The highest BCUT2D eigenvalue weighted by atomic mass is 14.3. The molecule has 0 fully saturated rings. The second-order valence-corrected chi connectivity index (χ2v) is 20.4. The summed E-state index contributed by atoms with van der Waals surface area (Å²) < 4.78 is 0. The zero-order chi connectivity index (χ0) is 44.6. The molecule has 17 rings (SSSR count). The van der Waals surface area contributed by atoms with Gasteiger partial charge in [-0.1, -0.05) is 175 Å². The average molecular weight is 857 g/mol. The molecule has 0 amide bonds. The minimum absolute atomic E-state index is 1.28. The van der Waals surface area contributed by atoms with E-state index in [-0.39, 0.29) is 0 Å². The molecule has 0 atom stereocenters. The van der Waals surface area contributed by atoms with Crippen molar-refractivity contribution in [1.29, 1.82) is 0 Å². The van der Waals surface area contributed by atoms with Gasteiger partial charge < -0.3 is 0 Å². The van der Waals surface area contributed by atoms with E-state index in [2.05, 4.69) is 198 Å². The van der Waals surface area contributed by atoms with Gasteiger partial charge in [0.1, 0.15) is 0 Å². The second-order valence-electron chi connectivity index (χ2n) is 20.4. The quantitative estimate of drug-likeness (QED) is 0.120. The number of hydrogen-bond acceptors (Lipinski definition) is 0. The van der Waals surface area contributed by atoms with Crippen molar-refractivity contribution in [3.8, 4) is 22.3 Å². The maximum Gasteiger partial charge on any atom is -0.000707 e. The van der Waals surface area contributed by atoms with Crippen LogP contribution in [-0.2, 0) is 0 Å². The van der Waals surface area contributed by atoms with E-state index in [1.165, 1.54) is 195 Å². The molecule has 0 heteroatoms. The van der Waals surface area contributed by atoms with Gasteiger partial charge in [-0.15, -0.1) is 0 Å². The Kier molecular flexibility index (Phi) is 6.32. The van der Waals surface area contributed by atoms with Crippen molar-refractivity contribution >= 4 is 151 Å². The molecule has 17 aromatic carbocycles. The van der Waals surface area contributed by atoms with Gasteiger partial charge in [-0.2, -0.15) is 0 Å². The minimum Gasteiger partial charge on any atom is -0.0616 e. The highest BCUT2D eigenvalue weighted by molar-refractivity contribution is 6.52. The molecule has 0 spiro atoms. The highest BCUT2D eigenvalue weighted by Gasteiger charge is 2.30. The normalized spacial score (nSPS) is 13.0. The smallest absolute Gasteiger partial charge is 0.000707 e. The van der Waals surface area contributed by atoms with Crippen molar-refractivity contribution in [3.05, 3.63) is 192 Å². The lowest BCUT2D eigenvalue weighted by Gasteiger charge is -2.18. The molecule has 0 aromatic heterocycles. The summed E-state index contributed by atoms with van der Waals surface area (Å²) in [4.78, 5) is 0. The van der Waals surface area contributed by atoms with Crippen LogP contribution < -0.4 is 0 Å². The third-order valence-corrected chi connectivity index (χ3v) is 16.9. The molecule has 0 aliphatic carbocycles. The number of fused-ring (bicyclic) bond motifs is 15. The molecule has 0 radical (unpaired) electrons. The Balaban J connectivity index is 1.10. The van der Waals surface area contributed by atoms with Crippen molar-refractivity contribution in [2.24, 2.45) is 0 Å². The summed E-state index contributed by atoms with van der Waals surface area (Å²) in [6, 6.07) is 66.2. The number of hydrogen-bond donors (Lipinski definition) is 0. The first-order valence-electron chi connectivity index (χ1n) is 24.3. The average Bonchev–Trinajstić information content (AvgIpc) is 4.09. The van der Waals surface area contributed by atoms with Crippen LogP contribution in [0.25, 0.3) is 173 Å². The molecular formula is C68H40. The molecule has 0 unspecified atom stereocenters. The van der Waals surface area contributed by atoms with E-state index in [0.29, 0.717) is 0 Å². The molecule has 0 heterocycles. The number of benzene rings is 13. The summed E-state index contributed by atoms with van der Waals surface area (Å²) in [6.07, 6.45) is 0. The summed E-state index contributed by atoms with van der Waals surface area (Å²) >= 11 is 0. The Labute approximate surface area is 390 Å². The van der Waals surface area contributed by atoms with E-state index in [0.717, 1.165) is 0 Å². The van der Waals surface area contributed by atoms with Crippen LogP contribution in [0.15, 0.2) is 170 Å². The van der Waals surface area contributed by atoms with E-state index >= 15 is 0 Å². The lowest BCUT2D eigenvalue weighted by Crippen LogP contribution is -1.92. The van der Waals surface area contributed by atoms with Gasteiger partial charge in [-0.3, -0.25) is 0 Å². The van der Waals surface area contributed by atoms with Crippen LogP contribution in [-0.4, -0.2) is 0 Å². The molecule has 0 aliphatic heterocycles. The fourth-order valence-electron chi connectivity index (χ4n) is 14.3. The van der Waals surface area contributed by atoms with Crippen molar-refractivity contribution in [2.45, 2.75) is 27.7 Å². The molecule has 0 saturated heterocycles. The fourth-order valence-corrected chi connectivity index (χ4v) is 14.3. The van der Waals surface area contributed by atoms with Gasteiger partial charge in [-0.05, 0) is 218 Å². The first-order chi connectivity index (χ1) is 33.4. The lowest BCUT2D eigenvalue weighted by molar-refractivity contribution is 1.40. The Bertz CT molecular complexity index is 4910. The summed E-state index contributed by atoms with van der Waals surface area (Å²) in [5, 5.41) is 38.1. The van der Waals surface area contributed by atoms with Crippen molar-refractivity contribution in [2.75, 3.05) is 0 Å². The van der Waals surface area contributed by atoms with Gasteiger partial charge in [0.2, 0.25) is 0 Å². The topological polar surface area (TPSA) is 0 Å². The van der Waals surface area contributed by atoms with E-state index in [1.807, 2.05) is 0 Å². The van der Waals surface area contributed by atoms with Crippen LogP contribution in [0.1, 0.15) is 22.3 Å². The molecular weight excluding hydrogens is 817 g/mol. The van der Waals surface area contributed by atoms with Crippen LogP contribution >= 0.6 is 0 Å². The van der Waals surface area contributed by atoms with Crippen LogP contribution in [0.3, 0.4) is 0 Å². The maximum atomic E-state index is 2.50.